The van der Waals surface area contributed by atoms with Gasteiger partial charge in [0.1, 0.15) is 11.5 Å². The number of carbonyl (C=O) groups is 3. The number of ether oxygens (including phenoxy) is 3. The van der Waals surface area contributed by atoms with E-state index in [0.717, 1.165) is 16.8 Å². The van der Waals surface area contributed by atoms with Crippen molar-refractivity contribution >= 4 is 34.4 Å². The Hall–Kier alpha value is -5.37. The second-order valence-electron chi connectivity index (χ2n) is 11.5. The van der Waals surface area contributed by atoms with E-state index in [2.05, 4.69) is 5.32 Å². The fraction of sp³-hybridized carbons (Fsp3) is 0.216. The molecule has 1 fully saturated rings. The van der Waals surface area contributed by atoms with E-state index in [9.17, 15) is 9.59 Å². The average Bonchev–Trinajstić information content (AvgIpc) is 3.55. The number of rotatable bonds is 7. The first-order valence-electron chi connectivity index (χ1n) is 14.8. The molecule has 0 aromatic heterocycles. The zero-order valence-electron chi connectivity index (χ0n) is 25.4. The number of hydrogen-bond donors (Lipinski definition) is 1. The molecule has 1 spiro atoms. The Bertz CT molecular complexity index is 1880. The van der Waals surface area contributed by atoms with Crippen molar-refractivity contribution < 1.29 is 28.6 Å². The van der Waals surface area contributed by atoms with E-state index in [1.54, 1.807) is 36.4 Å². The number of anilines is 2. The van der Waals surface area contributed by atoms with Gasteiger partial charge in [0.25, 0.3) is 0 Å². The van der Waals surface area contributed by atoms with Crippen LogP contribution in [0.4, 0.5) is 11.4 Å². The van der Waals surface area contributed by atoms with Crippen molar-refractivity contribution in [3.8, 4) is 17.2 Å². The van der Waals surface area contributed by atoms with Crippen LogP contribution in [0.15, 0.2) is 97.1 Å². The number of methoxy groups -OCH3 is 3. The molecule has 3 heterocycles. The van der Waals surface area contributed by atoms with Crippen LogP contribution in [0.2, 0.25) is 0 Å². The standard InChI is InChI=1S/C37H32N2O6/c1-21-18-30-37(25-15-9-10-16-26(25)38-36(37)42)31(33(40)23-19-28(43-2)35(45-4)29(20-23)44-3)32(34(41)22-12-6-5-7-13-22)39(30)27-17-11-8-14-24(21)27/h5-20,30-32H,1-4H3,(H,38,42)/t30-,31-,32-,37-/m0/s1. The number of nitrogens with one attached hydrogen (secondary N) is 1. The topological polar surface area (TPSA) is 94.2 Å². The first-order chi connectivity index (χ1) is 21.9. The molecule has 4 aromatic rings. The van der Waals surface area contributed by atoms with E-state index in [1.807, 2.05) is 72.5 Å². The Balaban J connectivity index is 1.55. The van der Waals surface area contributed by atoms with Gasteiger partial charge >= 0.3 is 0 Å². The van der Waals surface area contributed by atoms with E-state index < -0.39 is 23.4 Å². The maximum atomic E-state index is 15.3. The molecule has 1 amide bonds. The van der Waals surface area contributed by atoms with Crippen LogP contribution >= 0.6 is 0 Å². The number of ketones is 2. The van der Waals surface area contributed by atoms with Crippen LogP contribution in [-0.4, -0.2) is 50.9 Å². The Morgan fingerprint density at radius 1 is 0.778 bits per heavy atom. The van der Waals surface area contributed by atoms with Gasteiger partial charge in [-0.25, -0.2) is 0 Å². The van der Waals surface area contributed by atoms with Gasteiger partial charge < -0.3 is 24.4 Å². The Labute approximate surface area is 261 Å². The van der Waals surface area contributed by atoms with Crippen molar-refractivity contribution in [1.82, 2.24) is 0 Å². The zero-order valence-corrected chi connectivity index (χ0v) is 25.4. The van der Waals surface area contributed by atoms with Crippen LogP contribution in [0, 0.1) is 5.92 Å². The van der Waals surface area contributed by atoms with Gasteiger partial charge in [-0.2, -0.15) is 0 Å². The van der Waals surface area contributed by atoms with Gasteiger partial charge in [0.2, 0.25) is 11.7 Å². The molecule has 0 saturated carbocycles. The molecule has 7 rings (SSSR count). The van der Waals surface area contributed by atoms with Crippen LogP contribution < -0.4 is 24.4 Å². The summed E-state index contributed by atoms with van der Waals surface area (Å²) in [5.41, 5.74) is 3.29. The number of para-hydroxylation sites is 2. The minimum atomic E-state index is -1.43. The highest BCUT2D eigenvalue weighted by atomic mass is 16.5. The maximum Gasteiger partial charge on any atom is 0.238 e. The molecule has 8 heteroatoms. The van der Waals surface area contributed by atoms with Crippen LogP contribution in [0.25, 0.3) is 5.57 Å². The molecule has 4 atom stereocenters. The summed E-state index contributed by atoms with van der Waals surface area (Å²) in [7, 11) is 4.46. The van der Waals surface area contributed by atoms with Gasteiger partial charge in [-0.3, -0.25) is 14.4 Å². The van der Waals surface area contributed by atoms with E-state index in [0.29, 0.717) is 34.1 Å². The molecule has 3 aliphatic heterocycles. The van der Waals surface area contributed by atoms with E-state index in [1.165, 1.54) is 21.3 Å². The molecular weight excluding hydrogens is 568 g/mol. The SMILES string of the molecule is COc1cc(C(=O)[C@@H]2[C@@H](C(=O)c3ccccc3)N3c4ccccc4C(C)=C[C@H]3[C@]23C(=O)Nc2ccccc23)cc(OC)c1OC. The van der Waals surface area contributed by atoms with Crippen molar-refractivity contribution in [1.29, 1.82) is 0 Å². The molecular formula is C37H32N2O6. The fourth-order valence-corrected chi connectivity index (χ4v) is 7.56. The summed E-state index contributed by atoms with van der Waals surface area (Å²) in [6, 6.07) is 25.8. The normalized spacial score (nSPS) is 22.6. The first kappa shape index (κ1) is 28.4. The molecule has 1 saturated heterocycles. The van der Waals surface area contributed by atoms with Gasteiger partial charge in [0, 0.05) is 28.1 Å². The highest BCUT2D eigenvalue weighted by Gasteiger charge is 2.70. The Kier molecular flexibility index (Phi) is 6.73. The van der Waals surface area contributed by atoms with Crippen LogP contribution in [0.1, 0.15) is 38.8 Å². The second kappa shape index (κ2) is 10.7. The molecule has 3 aliphatic rings. The van der Waals surface area contributed by atoms with Crippen LogP contribution in [-0.2, 0) is 10.2 Å². The number of hydrogen-bond acceptors (Lipinski definition) is 7. The molecule has 0 radical (unpaired) electrons. The summed E-state index contributed by atoms with van der Waals surface area (Å²) in [6.45, 7) is 2.00. The van der Waals surface area contributed by atoms with E-state index in [-0.39, 0.29) is 23.0 Å². The lowest BCUT2D eigenvalue weighted by molar-refractivity contribution is -0.121. The third kappa shape index (κ3) is 3.94. The van der Waals surface area contributed by atoms with Crippen LogP contribution in [0.5, 0.6) is 17.2 Å². The number of amides is 1. The van der Waals surface area contributed by atoms with Gasteiger partial charge in [0.05, 0.1) is 33.3 Å². The third-order valence-electron chi connectivity index (χ3n) is 9.44. The molecule has 0 aliphatic carbocycles. The molecule has 45 heavy (non-hydrogen) atoms. The quantitative estimate of drug-likeness (QED) is 0.262. The summed E-state index contributed by atoms with van der Waals surface area (Å²) >= 11 is 0. The van der Waals surface area contributed by atoms with E-state index in [4.69, 9.17) is 14.2 Å². The molecule has 226 valence electrons. The van der Waals surface area contributed by atoms with Crippen molar-refractivity contribution in [2.75, 3.05) is 31.5 Å². The molecule has 0 bridgehead atoms. The fourth-order valence-electron chi connectivity index (χ4n) is 7.56. The monoisotopic (exact) mass is 600 g/mol. The zero-order chi connectivity index (χ0) is 31.5. The predicted molar refractivity (Wildman–Crippen MR) is 172 cm³/mol. The molecule has 4 aromatic carbocycles. The largest absolute Gasteiger partial charge is 0.493 e. The number of nitrogens with zero attached hydrogens (tertiary/aromatic N) is 1. The van der Waals surface area contributed by atoms with Crippen molar-refractivity contribution in [2.24, 2.45) is 5.92 Å². The van der Waals surface area contributed by atoms with Crippen molar-refractivity contribution in [3.63, 3.8) is 0 Å². The average molecular weight is 601 g/mol. The highest BCUT2D eigenvalue weighted by molar-refractivity contribution is 6.18. The van der Waals surface area contributed by atoms with Gasteiger partial charge in [0.15, 0.2) is 23.1 Å². The maximum absolute atomic E-state index is 15.3. The lowest BCUT2D eigenvalue weighted by atomic mass is 9.64. The number of carbonyl (C=O) groups excluding carboxylic acids is 3. The summed E-state index contributed by atoms with van der Waals surface area (Å²) < 4.78 is 16.7. The molecule has 0 unspecified atom stereocenters. The lowest BCUT2D eigenvalue weighted by Gasteiger charge is -2.39. The number of Topliss-reactive ketones (excluding diaryl/α,β-unsaturated/α-hetero) is 2. The third-order valence-corrected chi connectivity index (χ3v) is 9.44. The number of fused-ring (bicyclic) bond motifs is 6. The smallest absolute Gasteiger partial charge is 0.238 e. The summed E-state index contributed by atoms with van der Waals surface area (Å²) in [5.74, 6) is -1.14. The van der Waals surface area contributed by atoms with E-state index >= 15 is 4.79 Å². The predicted octanol–water partition coefficient (Wildman–Crippen LogP) is 5.96. The Morgan fingerprint density at radius 2 is 1.42 bits per heavy atom. The van der Waals surface area contributed by atoms with Gasteiger partial charge in [-0.1, -0.05) is 72.8 Å². The molecule has 1 N–H and O–H groups in total. The summed E-state index contributed by atoms with van der Waals surface area (Å²) in [4.78, 5) is 46.7. The Morgan fingerprint density at radius 3 is 2.11 bits per heavy atom. The number of allylic oxidation sites excluding steroid dienone is 1. The molecule has 8 nitrogen and oxygen atoms in total. The van der Waals surface area contributed by atoms with Gasteiger partial charge in [-0.15, -0.1) is 0 Å². The summed E-state index contributed by atoms with van der Waals surface area (Å²) in [5, 5.41) is 3.07. The van der Waals surface area contributed by atoms with Gasteiger partial charge in [-0.05, 0) is 42.3 Å². The first-order valence-corrected chi connectivity index (χ1v) is 14.8. The minimum Gasteiger partial charge on any atom is -0.493 e. The second-order valence-corrected chi connectivity index (χ2v) is 11.5. The summed E-state index contributed by atoms with van der Waals surface area (Å²) in [6.07, 6.45) is 2.04. The van der Waals surface area contributed by atoms with Crippen molar-refractivity contribution in [3.05, 3.63) is 119 Å². The van der Waals surface area contributed by atoms with Crippen molar-refractivity contribution in [2.45, 2.75) is 24.4 Å². The highest BCUT2D eigenvalue weighted by Crippen LogP contribution is 2.59. The number of benzene rings is 4. The van der Waals surface area contributed by atoms with Crippen LogP contribution in [0.3, 0.4) is 0 Å². The minimum absolute atomic E-state index is 0.241. The lowest BCUT2D eigenvalue weighted by Crippen LogP contribution is -2.51.